The minimum atomic E-state index is -1.14. The monoisotopic (exact) mass is 500 g/mol. The molecule has 1 N–H and O–H groups in total. The number of H-pyrrole nitrogens is 1. The summed E-state index contributed by atoms with van der Waals surface area (Å²) in [6.07, 6.45) is -3.10. The van der Waals surface area contributed by atoms with Gasteiger partial charge in [-0.25, -0.2) is 14.4 Å². The second-order valence-electron chi connectivity index (χ2n) is 7.61. The van der Waals surface area contributed by atoms with E-state index >= 15 is 0 Å². The Morgan fingerprint density at radius 3 is 2.17 bits per heavy atom. The molecular formula is C24H21ClN2O8. The molecule has 0 spiro atoms. The first-order valence-electron chi connectivity index (χ1n) is 10.6. The highest BCUT2D eigenvalue weighted by molar-refractivity contribution is 6.30. The first-order chi connectivity index (χ1) is 16.9. The van der Waals surface area contributed by atoms with Crippen molar-refractivity contribution >= 4 is 23.5 Å². The van der Waals surface area contributed by atoms with Crippen molar-refractivity contribution in [3.8, 4) is 0 Å². The molecule has 1 aliphatic rings. The summed E-state index contributed by atoms with van der Waals surface area (Å²) < 4.78 is 23.6. The highest BCUT2D eigenvalue weighted by atomic mass is 35.5. The van der Waals surface area contributed by atoms with Crippen molar-refractivity contribution < 1.29 is 28.5 Å². The molecular weight excluding hydrogens is 480 g/mol. The van der Waals surface area contributed by atoms with Gasteiger partial charge in [-0.2, -0.15) is 0 Å². The van der Waals surface area contributed by atoms with Crippen LogP contribution in [0.5, 0.6) is 0 Å². The van der Waals surface area contributed by atoms with Crippen molar-refractivity contribution in [2.75, 3.05) is 13.7 Å². The maximum atomic E-state index is 12.8. The fraction of sp³-hybridized carbons (Fsp3) is 0.250. The number of carbonyl (C=O) groups excluding carboxylic acids is 2. The van der Waals surface area contributed by atoms with E-state index < -0.39 is 47.7 Å². The molecule has 1 aromatic heterocycles. The molecule has 4 rings (SSSR count). The standard InChI is InChI=1S/C24H21ClN2O8/c1-32-19-18(35-23(30)15-10-6-3-7-11-15)17(13-33-22(29)14-8-4-2-5-9-14)34-21(19)27-12-16(25)20(28)26-24(27)31/h2-12,17-19,21H,13H2,1H3,(H,26,28,31)/t17-,18-,19-,21-/m1/s1. The fourth-order valence-electron chi connectivity index (χ4n) is 3.69. The average molecular weight is 501 g/mol. The van der Waals surface area contributed by atoms with Gasteiger partial charge in [-0.3, -0.25) is 14.3 Å². The molecule has 0 bridgehead atoms. The van der Waals surface area contributed by atoms with E-state index in [0.717, 1.165) is 10.8 Å². The van der Waals surface area contributed by atoms with E-state index in [2.05, 4.69) is 4.98 Å². The van der Waals surface area contributed by atoms with Crippen molar-refractivity contribution in [2.24, 2.45) is 0 Å². The quantitative estimate of drug-likeness (QED) is 0.489. The van der Waals surface area contributed by atoms with Gasteiger partial charge in [0, 0.05) is 13.3 Å². The number of nitrogens with zero attached hydrogens (tertiary/aromatic N) is 1. The van der Waals surface area contributed by atoms with Crippen molar-refractivity contribution in [2.45, 2.75) is 24.5 Å². The van der Waals surface area contributed by atoms with Crippen LogP contribution in [0.25, 0.3) is 0 Å². The summed E-state index contributed by atoms with van der Waals surface area (Å²) in [7, 11) is 1.35. The van der Waals surface area contributed by atoms with Gasteiger partial charge < -0.3 is 18.9 Å². The molecule has 0 unspecified atom stereocenters. The fourth-order valence-corrected chi connectivity index (χ4v) is 3.84. The SMILES string of the molecule is CO[C@@H]1[C@H](OC(=O)c2ccccc2)[C@@H](COC(=O)c2ccccc2)O[C@H]1n1cc(Cl)c(=O)[nH]c1=O. The maximum Gasteiger partial charge on any atom is 0.338 e. The van der Waals surface area contributed by atoms with E-state index in [0.29, 0.717) is 5.56 Å². The lowest BCUT2D eigenvalue weighted by Gasteiger charge is -2.23. The minimum Gasteiger partial charge on any atom is -0.459 e. The number of aromatic amines is 1. The van der Waals surface area contributed by atoms with E-state index in [-0.39, 0.29) is 17.2 Å². The zero-order chi connectivity index (χ0) is 24.9. The predicted octanol–water partition coefficient (Wildman–Crippen LogP) is 2.19. The number of ether oxygens (including phenoxy) is 4. The highest BCUT2D eigenvalue weighted by Gasteiger charge is 2.49. The largest absolute Gasteiger partial charge is 0.459 e. The summed E-state index contributed by atoms with van der Waals surface area (Å²) in [5.41, 5.74) is -0.955. The number of halogens is 1. The molecule has 2 aromatic carbocycles. The lowest BCUT2D eigenvalue weighted by Crippen LogP contribution is -2.41. The molecule has 10 nitrogen and oxygen atoms in total. The number of nitrogens with one attached hydrogen (secondary N) is 1. The first-order valence-corrected chi connectivity index (χ1v) is 10.9. The number of aromatic nitrogens is 2. The summed E-state index contributed by atoms with van der Waals surface area (Å²) in [5.74, 6) is -1.27. The minimum absolute atomic E-state index is 0.250. The Labute approximate surface area is 204 Å². The number of methoxy groups -OCH3 is 1. The number of esters is 2. The highest BCUT2D eigenvalue weighted by Crippen LogP contribution is 2.33. The van der Waals surface area contributed by atoms with Crippen LogP contribution in [-0.2, 0) is 18.9 Å². The normalized spacial score (nSPS) is 21.4. The van der Waals surface area contributed by atoms with Gasteiger partial charge in [0.2, 0.25) is 0 Å². The third-order valence-corrected chi connectivity index (χ3v) is 5.67. The van der Waals surface area contributed by atoms with Gasteiger partial charge in [-0.15, -0.1) is 0 Å². The number of hydrogen-bond acceptors (Lipinski definition) is 8. The molecule has 2 heterocycles. The molecule has 11 heteroatoms. The maximum absolute atomic E-state index is 12.8. The Hall–Kier alpha value is -3.73. The topological polar surface area (TPSA) is 126 Å². The first kappa shape index (κ1) is 24.4. The molecule has 0 amide bonds. The summed E-state index contributed by atoms with van der Waals surface area (Å²) >= 11 is 5.91. The van der Waals surface area contributed by atoms with Gasteiger partial charge in [-0.1, -0.05) is 48.0 Å². The number of carbonyl (C=O) groups is 2. The van der Waals surface area contributed by atoms with E-state index in [1.165, 1.54) is 7.11 Å². The Morgan fingerprint density at radius 1 is 0.971 bits per heavy atom. The van der Waals surface area contributed by atoms with Crippen LogP contribution in [0.2, 0.25) is 5.02 Å². The Kier molecular flexibility index (Phi) is 7.45. The van der Waals surface area contributed by atoms with Gasteiger partial charge in [0.25, 0.3) is 5.56 Å². The van der Waals surface area contributed by atoms with Gasteiger partial charge >= 0.3 is 17.6 Å². The van der Waals surface area contributed by atoms with Crippen molar-refractivity contribution in [1.29, 1.82) is 0 Å². The molecule has 1 saturated heterocycles. The van der Waals surface area contributed by atoms with Gasteiger partial charge in [0.15, 0.2) is 12.3 Å². The van der Waals surface area contributed by atoms with E-state index in [1.54, 1.807) is 60.7 Å². The van der Waals surface area contributed by atoms with E-state index in [9.17, 15) is 19.2 Å². The van der Waals surface area contributed by atoms with Gasteiger partial charge in [0.05, 0.1) is 11.1 Å². The molecule has 35 heavy (non-hydrogen) atoms. The molecule has 1 aliphatic heterocycles. The summed E-state index contributed by atoms with van der Waals surface area (Å²) in [4.78, 5) is 51.5. The third-order valence-electron chi connectivity index (χ3n) is 5.40. The molecule has 4 atom stereocenters. The molecule has 1 fully saturated rings. The van der Waals surface area contributed by atoms with Crippen LogP contribution in [0, 0.1) is 0 Å². The van der Waals surface area contributed by atoms with Crippen LogP contribution in [0.15, 0.2) is 76.4 Å². The van der Waals surface area contributed by atoms with Crippen LogP contribution in [0.1, 0.15) is 26.9 Å². The van der Waals surface area contributed by atoms with Crippen LogP contribution < -0.4 is 11.2 Å². The molecule has 0 radical (unpaired) electrons. The molecule has 0 aliphatic carbocycles. The van der Waals surface area contributed by atoms with Crippen LogP contribution in [-0.4, -0.2) is 53.5 Å². The van der Waals surface area contributed by atoms with Crippen LogP contribution >= 0.6 is 11.6 Å². The number of benzene rings is 2. The third kappa shape index (κ3) is 5.35. The van der Waals surface area contributed by atoms with Gasteiger partial charge in [0.1, 0.15) is 23.8 Å². The van der Waals surface area contributed by atoms with Crippen molar-refractivity contribution in [3.05, 3.63) is 104 Å². The van der Waals surface area contributed by atoms with E-state index in [1.807, 2.05) is 0 Å². The lowest BCUT2D eigenvalue weighted by molar-refractivity contribution is -0.0657. The second-order valence-corrected chi connectivity index (χ2v) is 8.02. The van der Waals surface area contributed by atoms with Crippen molar-refractivity contribution in [3.63, 3.8) is 0 Å². The molecule has 0 saturated carbocycles. The zero-order valence-corrected chi connectivity index (χ0v) is 19.2. The smallest absolute Gasteiger partial charge is 0.338 e. The average Bonchev–Trinajstić information content (AvgIpc) is 3.22. The molecule has 3 aromatic rings. The van der Waals surface area contributed by atoms with Gasteiger partial charge in [-0.05, 0) is 24.3 Å². The summed E-state index contributed by atoms with van der Waals surface area (Å²) in [6, 6.07) is 16.6. The molecule has 182 valence electrons. The summed E-state index contributed by atoms with van der Waals surface area (Å²) in [6.45, 7) is -0.303. The Bertz CT molecular complexity index is 1310. The predicted molar refractivity (Wildman–Crippen MR) is 123 cm³/mol. The number of hydrogen-bond donors (Lipinski definition) is 1. The second kappa shape index (κ2) is 10.7. The Morgan fingerprint density at radius 2 is 1.57 bits per heavy atom. The van der Waals surface area contributed by atoms with E-state index in [4.69, 9.17) is 30.5 Å². The Balaban J connectivity index is 1.62. The van der Waals surface area contributed by atoms with Crippen LogP contribution in [0.3, 0.4) is 0 Å². The number of rotatable bonds is 7. The summed E-state index contributed by atoms with van der Waals surface area (Å²) in [5, 5.41) is -0.250. The van der Waals surface area contributed by atoms with Crippen LogP contribution in [0.4, 0.5) is 0 Å². The van der Waals surface area contributed by atoms with Crippen molar-refractivity contribution in [1.82, 2.24) is 9.55 Å². The lowest BCUT2D eigenvalue weighted by atomic mass is 10.1. The zero-order valence-electron chi connectivity index (χ0n) is 18.5.